The molecular weight excluding hydrogens is 485 g/mol. The van der Waals surface area contributed by atoms with Gasteiger partial charge in [0, 0.05) is 12.1 Å². The second kappa shape index (κ2) is 8.52. The van der Waals surface area contributed by atoms with Crippen LogP contribution in [0, 0.1) is 20.2 Å². The Kier molecular flexibility index (Phi) is 6.50. The molecule has 10 nitrogen and oxygen atoms in total. The molecule has 0 saturated carbocycles. The average Bonchev–Trinajstić information content (AvgIpc) is 2.66. The summed E-state index contributed by atoms with van der Waals surface area (Å²) in [4.78, 5) is 33.1. The van der Waals surface area contributed by atoms with Crippen molar-refractivity contribution >= 4 is 33.3 Å². The molecule has 2 aromatic carbocycles. The van der Waals surface area contributed by atoms with Crippen LogP contribution in [0.5, 0.6) is 17.2 Å². The topological polar surface area (TPSA) is 131 Å². The predicted octanol–water partition coefficient (Wildman–Crippen LogP) is 4.52. The molecule has 0 heterocycles. The number of ether oxygens (including phenoxy) is 3. The number of hydrogen-bond acceptors (Lipinski definition) is 8. The molecule has 0 atom stereocenters. The zero-order valence-corrected chi connectivity index (χ0v) is 16.6. The Morgan fingerprint density at radius 2 is 1.60 bits per heavy atom. The maximum atomic E-state index is 12.9. The quantitative estimate of drug-likeness (QED) is 0.248. The number of carbonyl (C=O) groups is 1. The van der Waals surface area contributed by atoms with Gasteiger partial charge in [-0.2, -0.15) is 13.2 Å². The van der Waals surface area contributed by atoms with Crippen LogP contribution >= 0.6 is 15.9 Å². The van der Waals surface area contributed by atoms with Crippen LogP contribution < -0.4 is 14.2 Å². The third kappa shape index (κ3) is 4.42. The summed E-state index contributed by atoms with van der Waals surface area (Å²) >= 11 is 2.72. The minimum absolute atomic E-state index is 0.190. The molecule has 2 rings (SSSR count). The van der Waals surface area contributed by atoms with E-state index in [9.17, 15) is 38.2 Å². The molecular formula is C16H10BrF3N2O8. The van der Waals surface area contributed by atoms with Crippen LogP contribution in [0.25, 0.3) is 0 Å². The monoisotopic (exact) mass is 494 g/mol. The van der Waals surface area contributed by atoms with E-state index in [1.165, 1.54) is 0 Å². The lowest BCUT2D eigenvalue weighted by atomic mass is 10.1. The van der Waals surface area contributed by atoms with Gasteiger partial charge < -0.3 is 14.2 Å². The lowest BCUT2D eigenvalue weighted by Crippen LogP contribution is -2.15. The number of hydrogen-bond donors (Lipinski definition) is 0. The lowest BCUT2D eigenvalue weighted by Gasteiger charge is -2.14. The number of carbonyl (C=O) groups excluding carboxylic acids is 1. The van der Waals surface area contributed by atoms with Gasteiger partial charge in [-0.05, 0) is 28.1 Å². The van der Waals surface area contributed by atoms with E-state index in [0.29, 0.717) is 6.07 Å². The molecule has 14 heteroatoms. The highest BCUT2D eigenvalue weighted by Crippen LogP contribution is 2.43. The van der Waals surface area contributed by atoms with Crippen molar-refractivity contribution < 1.29 is 42.0 Å². The first-order chi connectivity index (χ1) is 13.9. The van der Waals surface area contributed by atoms with Gasteiger partial charge in [-0.1, -0.05) is 0 Å². The first-order valence-electron chi connectivity index (χ1n) is 7.59. The highest BCUT2D eigenvalue weighted by atomic mass is 79.9. The van der Waals surface area contributed by atoms with Gasteiger partial charge >= 0.3 is 23.5 Å². The molecule has 0 saturated heterocycles. The maximum absolute atomic E-state index is 12.9. The van der Waals surface area contributed by atoms with E-state index >= 15 is 0 Å². The average molecular weight is 495 g/mol. The Labute approximate surface area is 173 Å². The Hall–Kier alpha value is -3.42. The van der Waals surface area contributed by atoms with E-state index in [0.717, 1.165) is 26.4 Å². The van der Waals surface area contributed by atoms with E-state index in [4.69, 9.17) is 14.2 Å². The fourth-order valence-electron chi connectivity index (χ4n) is 2.39. The third-order valence-electron chi connectivity index (χ3n) is 3.67. The van der Waals surface area contributed by atoms with E-state index in [2.05, 4.69) is 15.9 Å². The molecule has 0 N–H and O–H groups in total. The number of methoxy groups -OCH3 is 2. The lowest BCUT2D eigenvalue weighted by molar-refractivity contribution is -0.385. The molecule has 0 aliphatic heterocycles. The number of alkyl halides is 3. The van der Waals surface area contributed by atoms with Crippen molar-refractivity contribution in [1.29, 1.82) is 0 Å². The molecule has 0 unspecified atom stereocenters. The largest absolute Gasteiger partial charge is 0.496 e. The summed E-state index contributed by atoms with van der Waals surface area (Å²) in [6.07, 6.45) is -4.90. The van der Waals surface area contributed by atoms with Gasteiger partial charge in [0.05, 0.1) is 34.1 Å². The van der Waals surface area contributed by atoms with Crippen LogP contribution in [-0.2, 0) is 6.18 Å². The van der Waals surface area contributed by atoms with Crippen molar-refractivity contribution in [3.63, 3.8) is 0 Å². The summed E-state index contributed by atoms with van der Waals surface area (Å²) in [5, 5.41) is 22.4. The van der Waals surface area contributed by atoms with Gasteiger partial charge in [0.25, 0.3) is 0 Å². The van der Waals surface area contributed by atoms with Crippen LogP contribution in [0.1, 0.15) is 15.9 Å². The Morgan fingerprint density at radius 3 is 2.07 bits per heavy atom. The number of nitro benzene ring substituents is 2. The van der Waals surface area contributed by atoms with E-state index < -0.39 is 60.5 Å². The minimum atomic E-state index is -4.90. The first-order valence-corrected chi connectivity index (χ1v) is 8.38. The molecule has 0 spiro atoms. The number of halogens is 4. The van der Waals surface area contributed by atoms with Gasteiger partial charge in [0.1, 0.15) is 5.75 Å². The number of rotatable bonds is 6. The molecule has 0 amide bonds. The standard InChI is InChI=1S/C16H10BrF3N2O8/c1-28-11-4-3-9(21(24)25)14(29-2)12(11)15(23)30-13-8(17)5-7(16(18,19)20)6-10(13)22(26)27/h3-6H,1-2H3. The summed E-state index contributed by atoms with van der Waals surface area (Å²) in [7, 11) is 2.16. The Balaban J connectivity index is 2.65. The van der Waals surface area contributed by atoms with Gasteiger partial charge in [0.2, 0.25) is 11.5 Å². The van der Waals surface area contributed by atoms with Crippen molar-refractivity contribution in [2.45, 2.75) is 6.18 Å². The number of esters is 1. The van der Waals surface area contributed by atoms with E-state index in [1.807, 2.05) is 0 Å². The van der Waals surface area contributed by atoms with Crippen LogP contribution in [0.2, 0.25) is 0 Å². The highest BCUT2D eigenvalue weighted by Gasteiger charge is 2.36. The van der Waals surface area contributed by atoms with Gasteiger partial charge in [0.15, 0.2) is 5.56 Å². The molecule has 0 aliphatic carbocycles. The normalized spacial score (nSPS) is 11.0. The Morgan fingerprint density at radius 1 is 1.00 bits per heavy atom. The Bertz CT molecular complexity index is 1040. The fraction of sp³-hybridized carbons (Fsp3) is 0.188. The maximum Gasteiger partial charge on any atom is 0.416 e. The van der Waals surface area contributed by atoms with Gasteiger partial charge in [-0.3, -0.25) is 20.2 Å². The highest BCUT2D eigenvalue weighted by molar-refractivity contribution is 9.10. The van der Waals surface area contributed by atoms with Crippen LogP contribution in [-0.4, -0.2) is 30.0 Å². The summed E-state index contributed by atoms with van der Waals surface area (Å²) in [6, 6.07) is 2.73. The van der Waals surface area contributed by atoms with Crippen molar-refractivity contribution in [2.24, 2.45) is 0 Å². The molecule has 0 bridgehead atoms. The molecule has 30 heavy (non-hydrogen) atoms. The molecule has 0 fully saturated rings. The smallest absolute Gasteiger partial charge is 0.416 e. The fourth-order valence-corrected chi connectivity index (χ4v) is 2.92. The van der Waals surface area contributed by atoms with Gasteiger partial charge in [-0.15, -0.1) is 0 Å². The van der Waals surface area contributed by atoms with Crippen LogP contribution in [0.3, 0.4) is 0 Å². The van der Waals surface area contributed by atoms with Crippen molar-refractivity contribution in [1.82, 2.24) is 0 Å². The SMILES string of the molecule is COc1ccc([N+](=O)[O-])c(OC)c1C(=O)Oc1c(Br)cc(C(F)(F)F)cc1[N+](=O)[O-]. The molecule has 0 radical (unpaired) electrons. The molecule has 0 aromatic heterocycles. The number of nitro groups is 2. The van der Waals surface area contributed by atoms with E-state index in [1.54, 1.807) is 0 Å². The summed E-state index contributed by atoms with van der Waals surface area (Å²) in [5.74, 6) is -3.02. The number of benzene rings is 2. The second-order valence-corrected chi connectivity index (χ2v) is 6.26. The van der Waals surface area contributed by atoms with Crippen LogP contribution in [0.15, 0.2) is 28.7 Å². The van der Waals surface area contributed by atoms with Crippen LogP contribution in [0.4, 0.5) is 24.5 Å². The zero-order chi connectivity index (χ0) is 22.8. The predicted molar refractivity (Wildman–Crippen MR) is 97.0 cm³/mol. The van der Waals surface area contributed by atoms with Gasteiger partial charge in [-0.25, -0.2) is 4.79 Å². The summed E-state index contributed by atoms with van der Waals surface area (Å²) in [5.41, 5.74) is -3.73. The second-order valence-electron chi connectivity index (χ2n) is 5.40. The zero-order valence-electron chi connectivity index (χ0n) is 15.0. The van der Waals surface area contributed by atoms with Crippen molar-refractivity contribution in [3.05, 3.63) is 60.1 Å². The molecule has 160 valence electrons. The first kappa shape index (κ1) is 22.9. The minimum Gasteiger partial charge on any atom is -0.496 e. The van der Waals surface area contributed by atoms with Crippen molar-refractivity contribution in [2.75, 3.05) is 14.2 Å². The van der Waals surface area contributed by atoms with E-state index in [-0.39, 0.29) is 11.8 Å². The summed E-state index contributed by atoms with van der Waals surface area (Å²) in [6.45, 7) is 0. The summed E-state index contributed by atoms with van der Waals surface area (Å²) < 4.78 is 53.1. The molecule has 0 aliphatic rings. The number of nitrogens with zero attached hydrogens (tertiary/aromatic N) is 2. The third-order valence-corrected chi connectivity index (χ3v) is 4.26. The molecule has 2 aromatic rings. The van der Waals surface area contributed by atoms with Crippen molar-refractivity contribution in [3.8, 4) is 17.2 Å².